The van der Waals surface area contributed by atoms with Crippen molar-refractivity contribution < 1.29 is 27.4 Å². The molecule has 0 aromatic heterocycles. The maximum Gasteiger partial charge on any atom is 0.359 e. The molecule has 0 saturated carbocycles. The van der Waals surface area contributed by atoms with Gasteiger partial charge in [-0.1, -0.05) is 0 Å². The zero-order valence-corrected chi connectivity index (χ0v) is 9.08. The molecule has 7 heteroatoms. The van der Waals surface area contributed by atoms with Gasteiger partial charge in [0.05, 0.1) is 30.8 Å². The normalized spacial score (nSPS) is 12.8. The molecule has 0 aromatic rings. The third-order valence-electron chi connectivity index (χ3n) is 1.72. The second-order valence-electron chi connectivity index (χ2n) is 3.83. The Hall–Kier alpha value is -0.660. The molecule has 6 nitrogen and oxygen atoms in total. The topological polar surface area (TPSA) is 94.5 Å². The van der Waals surface area contributed by atoms with Crippen LogP contribution in [0.15, 0.2) is 0 Å². The standard InChI is InChI=1S/C7H15NO5S/c1-8(2,6-7(9)10)4-3-5-14(11,12)13/h3-6H2,1-2H3,(H-,9,10,11,12,13). The predicted octanol–water partition coefficient (Wildman–Crippen LogP) is -0.917. The van der Waals surface area contributed by atoms with E-state index in [4.69, 9.17) is 5.11 Å². The minimum Gasteiger partial charge on any atom is -0.748 e. The summed E-state index contributed by atoms with van der Waals surface area (Å²) in [6.07, 6.45) is 0.187. The third-order valence-corrected chi connectivity index (χ3v) is 2.51. The van der Waals surface area contributed by atoms with E-state index in [0.29, 0.717) is 6.54 Å². The van der Waals surface area contributed by atoms with Gasteiger partial charge in [-0.25, -0.2) is 13.2 Å². The van der Waals surface area contributed by atoms with Crippen molar-refractivity contribution in [3.8, 4) is 0 Å². The number of nitrogens with zero attached hydrogens (tertiary/aromatic N) is 1. The summed E-state index contributed by atoms with van der Waals surface area (Å²) in [5.41, 5.74) is 0. The van der Waals surface area contributed by atoms with Crippen molar-refractivity contribution in [3.63, 3.8) is 0 Å². The number of hydrogen-bond donors (Lipinski definition) is 1. The molecule has 0 rings (SSSR count). The number of hydrogen-bond acceptors (Lipinski definition) is 4. The molecule has 0 heterocycles. The van der Waals surface area contributed by atoms with Crippen LogP contribution in [0.25, 0.3) is 0 Å². The van der Waals surface area contributed by atoms with Crippen molar-refractivity contribution in [2.75, 3.05) is 32.9 Å². The third kappa shape index (κ3) is 7.96. The summed E-state index contributed by atoms with van der Waals surface area (Å²) < 4.78 is 31.0. The molecule has 0 atom stereocenters. The first-order valence-corrected chi connectivity index (χ1v) is 5.67. The Morgan fingerprint density at radius 1 is 1.43 bits per heavy atom. The van der Waals surface area contributed by atoms with Crippen molar-refractivity contribution in [1.82, 2.24) is 0 Å². The van der Waals surface area contributed by atoms with Crippen LogP contribution in [0.3, 0.4) is 0 Å². The van der Waals surface area contributed by atoms with E-state index in [-0.39, 0.29) is 17.4 Å². The largest absolute Gasteiger partial charge is 0.748 e. The van der Waals surface area contributed by atoms with Crippen LogP contribution in [0.1, 0.15) is 6.42 Å². The van der Waals surface area contributed by atoms with Gasteiger partial charge in [-0.2, -0.15) is 0 Å². The SMILES string of the molecule is C[N+](C)(CCCS(=O)(=O)[O-])CC(=O)O. The Kier molecular flexibility index (Phi) is 4.50. The summed E-state index contributed by atoms with van der Waals surface area (Å²) >= 11 is 0. The minimum atomic E-state index is -4.18. The fourth-order valence-electron chi connectivity index (χ4n) is 1.11. The molecule has 0 unspecified atom stereocenters. The first-order chi connectivity index (χ1) is 6.12. The van der Waals surface area contributed by atoms with Crippen LogP contribution in [0.2, 0.25) is 0 Å². The second kappa shape index (κ2) is 4.72. The molecule has 0 fully saturated rings. The molecule has 0 aliphatic carbocycles. The lowest BCUT2D eigenvalue weighted by Gasteiger charge is -2.27. The molecule has 0 spiro atoms. The zero-order chi connectivity index (χ0) is 11.4. The molecule has 0 saturated heterocycles. The molecule has 84 valence electrons. The van der Waals surface area contributed by atoms with E-state index in [1.54, 1.807) is 14.1 Å². The van der Waals surface area contributed by atoms with E-state index < -0.39 is 21.8 Å². The van der Waals surface area contributed by atoms with E-state index in [1.807, 2.05) is 0 Å². The highest BCUT2D eigenvalue weighted by Crippen LogP contribution is 2.00. The number of aliphatic carboxylic acids is 1. The van der Waals surface area contributed by atoms with E-state index in [0.717, 1.165) is 0 Å². The number of carbonyl (C=O) groups is 1. The fourth-order valence-corrected chi connectivity index (χ4v) is 1.60. The van der Waals surface area contributed by atoms with E-state index in [2.05, 4.69) is 0 Å². The second-order valence-corrected chi connectivity index (χ2v) is 5.35. The summed E-state index contributed by atoms with van der Waals surface area (Å²) in [5, 5.41) is 8.51. The lowest BCUT2D eigenvalue weighted by molar-refractivity contribution is -0.883. The summed E-state index contributed by atoms with van der Waals surface area (Å²) in [4.78, 5) is 10.4. The van der Waals surface area contributed by atoms with Crippen LogP contribution < -0.4 is 0 Å². The summed E-state index contributed by atoms with van der Waals surface area (Å²) in [6.45, 7) is 0.271. The van der Waals surface area contributed by atoms with E-state index in [9.17, 15) is 17.8 Å². The van der Waals surface area contributed by atoms with Crippen molar-refractivity contribution in [2.45, 2.75) is 6.42 Å². The molecule has 0 radical (unpaired) electrons. The fraction of sp³-hybridized carbons (Fsp3) is 0.857. The highest BCUT2D eigenvalue weighted by Gasteiger charge is 2.18. The predicted molar refractivity (Wildman–Crippen MR) is 48.7 cm³/mol. The maximum atomic E-state index is 10.4. The zero-order valence-electron chi connectivity index (χ0n) is 8.26. The van der Waals surface area contributed by atoms with Gasteiger partial charge in [0.1, 0.15) is 0 Å². The van der Waals surface area contributed by atoms with Crippen LogP contribution in [0, 0.1) is 0 Å². The van der Waals surface area contributed by atoms with Gasteiger partial charge in [-0.3, -0.25) is 0 Å². The first-order valence-electron chi connectivity index (χ1n) is 4.10. The number of carboxylic acid groups (broad SMARTS) is 1. The van der Waals surface area contributed by atoms with Crippen LogP contribution >= 0.6 is 0 Å². The van der Waals surface area contributed by atoms with Gasteiger partial charge in [0.15, 0.2) is 6.54 Å². The van der Waals surface area contributed by atoms with Crippen LogP contribution in [-0.4, -0.2) is 61.5 Å². The summed E-state index contributed by atoms with van der Waals surface area (Å²) in [5.74, 6) is -1.38. The summed E-state index contributed by atoms with van der Waals surface area (Å²) in [7, 11) is -0.838. The molecule has 0 aliphatic heterocycles. The van der Waals surface area contributed by atoms with Gasteiger partial charge in [0.25, 0.3) is 0 Å². The van der Waals surface area contributed by atoms with Gasteiger partial charge in [-0.05, 0) is 0 Å². The average Bonchev–Trinajstić information content (AvgIpc) is 1.78. The molecular formula is C7H15NO5S. The van der Waals surface area contributed by atoms with Gasteiger partial charge < -0.3 is 14.1 Å². The Morgan fingerprint density at radius 2 is 1.93 bits per heavy atom. The lowest BCUT2D eigenvalue weighted by Crippen LogP contribution is -2.44. The molecule has 0 aromatic carbocycles. The van der Waals surface area contributed by atoms with Gasteiger partial charge >= 0.3 is 5.97 Å². The monoisotopic (exact) mass is 225 g/mol. The lowest BCUT2D eigenvalue weighted by atomic mass is 10.3. The van der Waals surface area contributed by atoms with E-state index in [1.165, 1.54) is 0 Å². The highest BCUT2D eigenvalue weighted by atomic mass is 32.2. The van der Waals surface area contributed by atoms with Gasteiger partial charge in [0, 0.05) is 12.2 Å². The van der Waals surface area contributed by atoms with E-state index >= 15 is 0 Å². The Labute approximate surface area is 83.5 Å². The Bertz CT molecular complexity index is 295. The quantitative estimate of drug-likeness (QED) is 0.466. The van der Waals surface area contributed by atoms with Crippen molar-refractivity contribution in [2.24, 2.45) is 0 Å². The molecular weight excluding hydrogens is 210 g/mol. The average molecular weight is 225 g/mol. The molecule has 0 amide bonds. The first kappa shape index (κ1) is 13.3. The molecule has 14 heavy (non-hydrogen) atoms. The number of rotatable bonds is 6. The molecule has 0 bridgehead atoms. The Morgan fingerprint density at radius 3 is 2.29 bits per heavy atom. The van der Waals surface area contributed by atoms with Crippen molar-refractivity contribution in [3.05, 3.63) is 0 Å². The Balaban J connectivity index is 3.94. The van der Waals surface area contributed by atoms with Crippen LogP contribution in [0.4, 0.5) is 0 Å². The molecule has 1 N–H and O–H groups in total. The van der Waals surface area contributed by atoms with Gasteiger partial charge in [0.2, 0.25) is 0 Å². The maximum absolute atomic E-state index is 10.4. The highest BCUT2D eigenvalue weighted by molar-refractivity contribution is 7.85. The number of quaternary nitrogens is 1. The number of carboxylic acids is 1. The smallest absolute Gasteiger partial charge is 0.359 e. The van der Waals surface area contributed by atoms with Crippen molar-refractivity contribution in [1.29, 1.82) is 0 Å². The van der Waals surface area contributed by atoms with Gasteiger partial charge in [-0.15, -0.1) is 0 Å². The minimum absolute atomic E-state index is 0.0844. The molecule has 0 aliphatic rings. The summed E-state index contributed by atoms with van der Waals surface area (Å²) in [6, 6.07) is 0. The van der Waals surface area contributed by atoms with Crippen LogP contribution in [-0.2, 0) is 14.9 Å². The number of likely N-dealkylation sites (N-methyl/N-ethyl adjacent to an activating group) is 1. The van der Waals surface area contributed by atoms with Crippen LogP contribution in [0.5, 0.6) is 0 Å². The van der Waals surface area contributed by atoms with Crippen molar-refractivity contribution >= 4 is 16.1 Å².